The number of thiol groups is 1. The van der Waals surface area contributed by atoms with Crippen LogP contribution in [0.15, 0.2) is 16.3 Å². The van der Waals surface area contributed by atoms with Crippen LogP contribution in [0.2, 0.25) is 0 Å². The molecule has 2 atom stereocenters. The summed E-state index contributed by atoms with van der Waals surface area (Å²) < 4.78 is 11.5. The SMILES string of the molecule is C.C.CCCCC(CC)COC(=O)CCS.CCCCC(CC)COC(=O)CCSc1cc(C(N)=O)c(CC(=O)C(C)(C)C)s1.Cc1cc(C(N)=O)c(NC(=O)C(C)C)s1. The number of primary amides is 2. The fourth-order valence-corrected chi connectivity index (χ4v) is 8.41. The van der Waals surface area contributed by atoms with Crippen LogP contribution in [0.25, 0.3) is 0 Å². The van der Waals surface area contributed by atoms with E-state index >= 15 is 0 Å². The number of ether oxygens (including phenoxy) is 2. The van der Waals surface area contributed by atoms with Crippen molar-refractivity contribution in [2.45, 2.75) is 159 Å². The molecule has 0 aliphatic carbocycles. The summed E-state index contributed by atoms with van der Waals surface area (Å²) in [5.74, 6) is 0.602. The molecule has 15 heteroatoms. The molecule has 0 saturated heterocycles. The average molecular weight is 918 g/mol. The molecule has 2 aromatic rings. The number of ketones is 1. The highest BCUT2D eigenvalue weighted by Gasteiger charge is 2.25. The van der Waals surface area contributed by atoms with E-state index in [-0.39, 0.29) is 50.8 Å². The normalized spacial score (nSPS) is 11.6. The second kappa shape index (κ2) is 33.7. The van der Waals surface area contributed by atoms with E-state index in [9.17, 15) is 28.8 Å². The number of amides is 3. The monoisotopic (exact) mass is 917 g/mol. The third kappa shape index (κ3) is 26.5. The smallest absolute Gasteiger partial charge is 0.306 e. The first-order chi connectivity index (χ1) is 27.2. The summed E-state index contributed by atoms with van der Waals surface area (Å²) in [6.45, 7) is 20.7. The molecule has 0 spiro atoms. The average Bonchev–Trinajstić information content (AvgIpc) is 3.74. The molecule has 0 radical (unpaired) electrons. The number of rotatable bonds is 24. The Balaban J connectivity index is -0.000000884. The maximum atomic E-state index is 12.3. The first-order valence-electron chi connectivity index (χ1n) is 20.5. The number of unbranched alkanes of at least 4 members (excludes halogenated alkanes) is 2. The van der Waals surface area contributed by atoms with E-state index in [0.717, 1.165) is 41.2 Å². The lowest BCUT2D eigenvalue weighted by atomic mass is 9.88. The van der Waals surface area contributed by atoms with Gasteiger partial charge in [-0.15, -0.1) is 34.4 Å². The summed E-state index contributed by atoms with van der Waals surface area (Å²) in [5.41, 5.74) is 11.0. The third-order valence-electron chi connectivity index (χ3n) is 9.00. The van der Waals surface area contributed by atoms with Gasteiger partial charge in [-0.1, -0.05) is 116 Å². The standard InChI is InChI=1S/C22H35NO4S2.C11H22O2S.C10H14N2O2S.2CH4/c1-6-8-9-15(7-2)14-27-19(25)10-11-28-20-12-16(21(23)26)17(29-20)13-18(24)22(3,4)5;1-3-5-6-10(4-2)9-13-11(12)7-8-14;1-5(2)9(14)12-10-7(8(11)13)4-6(3)15-10;;/h12,15H,6-11,13-14H2,1-5H3,(H2,23,26);10,14H,3-9H2,1-2H3;4-5H,1-3H3,(H2,11,13)(H,12,14);2*1H4. The Morgan fingerprint density at radius 1 is 0.800 bits per heavy atom. The predicted octanol–water partition coefficient (Wildman–Crippen LogP) is 11.3. The van der Waals surface area contributed by atoms with Gasteiger partial charge in [-0.05, 0) is 43.7 Å². The van der Waals surface area contributed by atoms with Gasteiger partial charge in [-0.3, -0.25) is 28.8 Å². The Bertz CT molecular complexity index is 1570. The number of thiophene rings is 2. The zero-order valence-corrected chi connectivity index (χ0v) is 39.9. The van der Waals surface area contributed by atoms with Crippen molar-refractivity contribution < 1.29 is 38.2 Å². The van der Waals surface area contributed by atoms with Gasteiger partial charge < -0.3 is 26.3 Å². The van der Waals surface area contributed by atoms with Crippen molar-refractivity contribution in [2.75, 3.05) is 30.0 Å². The topological polar surface area (TPSA) is 185 Å². The Labute approximate surface area is 380 Å². The van der Waals surface area contributed by atoms with Crippen molar-refractivity contribution in [3.63, 3.8) is 0 Å². The van der Waals surface area contributed by atoms with Gasteiger partial charge in [0.25, 0.3) is 5.91 Å². The molecule has 0 aromatic carbocycles. The molecule has 0 aliphatic heterocycles. The number of carbonyl (C=O) groups is 6. The zero-order chi connectivity index (χ0) is 44.4. The first-order valence-corrected chi connectivity index (χ1v) is 23.7. The van der Waals surface area contributed by atoms with Crippen LogP contribution in [0.4, 0.5) is 5.00 Å². The molecule has 0 bridgehead atoms. The number of hydrogen-bond donors (Lipinski definition) is 4. The van der Waals surface area contributed by atoms with E-state index < -0.39 is 17.2 Å². The molecule has 60 heavy (non-hydrogen) atoms. The minimum Gasteiger partial charge on any atom is -0.465 e. The van der Waals surface area contributed by atoms with E-state index in [4.69, 9.17) is 20.9 Å². The second-order valence-electron chi connectivity index (χ2n) is 15.5. The zero-order valence-electron chi connectivity index (χ0n) is 36.6. The quantitative estimate of drug-likeness (QED) is 0.0452. The highest BCUT2D eigenvalue weighted by molar-refractivity contribution is 8.01. The number of esters is 2. The van der Waals surface area contributed by atoms with Gasteiger partial charge in [0, 0.05) is 39.0 Å². The van der Waals surface area contributed by atoms with Gasteiger partial charge in [0.1, 0.15) is 10.8 Å². The summed E-state index contributed by atoms with van der Waals surface area (Å²) in [5, 5.41) is 3.23. The second-order valence-corrected chi connectivity index (χ2v) is 19.7. The van der Waals surface area contributed by atoms with Crippen molar-refractivity contribution in [2.24, 2.45) is 34.6 Å². The molecule has 2 aromatic heterocycles. The van der Waals surface area contributed by atoms with Crippen LogP contribution in [0.5, 0.6) is 0 Å². The van der Waals surface area contributed by atoms with Gasteiger partial charge in [-0.2, -0.15) is 12.6 Å². The number of nitrogens with one attached hydrogen (secondary N) is 1. The van der Waals surface area contributed by atoms with E-state index in [2.05, 4.69) is 45.6 Å². The number of hydrogen-bond acceptors (Lipinski definition) is 12. The molecule has 2 rings (SSSR count). The van der Waals surface area contributed by atoms with Crippen molar-refractivity contribution in [3.05, 3.63) is 33.0 Å². The van der Waals surface area contributed by atoms with E-state index in [0.29, 0.717) is 70.4 Å². The van der Waals surface area contributed by atoms with Crippen molar-refractivity contribution in [1.82, 2.24) is 0 Å². The number of nitrogens with two attached hydrogens (primary N) is 2. The third-order valence-corrected chi connectivity index (χ3v) is 12.5. The fourth-order valence-electron chi connectivity index (χ4n) is 4.96. The molecular weight excluding hydrogens is 839 g/mol. The first kappa shape index (κ1) is 61.4. The van der Waals surface area contributed by atoms with Crippen LogP contribution in [0, 0.1) is 30.1 Å². The fraction of sp³-hybridized carbons (Fsp3) is 0.689. The molecule has 2 unspecified atom stereocenters. The van der Waals surface area contributed by atoms with E-state index in [1.54, 1.807) is 26.0 Å². The molecule has 0 saturated carbocycles. The maximum Gasteiger partial charge on any atom is 0.306 e. The van der Waals surface area contributed by atoms with Crippen LogP contribution in [0.3, 0.4) is 0 Å². The van der Waals surface area contributed by atoms with Gasteiger partial charge >= 0.3 is 11.9 Å². The van der Waals surface area contributed by atoms with Crippen molar-refractivity contribution in [3.8, 4) is 0 Å². The van der Waals surface area contributed by atoms with Crippen LogP contribution < -0.4 is 16.8 Å². The Morgan fingerprint density at radius 2 is 1.30 bits per heavy atom. The number of thioether (sulfide) groups is 1. The minimum absolute atomic E-state index is 0. The Hall–Kier alpha value is -2.88. The number of aryl methyl sites for hydroxylation is 1. The van der Waals surface area contributed by atoms with E-state index in [1.807, 2.05) is 27.7 Å². The number of Topliss-reactive ketones (excluding diaryl/α,β-unsaturated/α-hetero) is 1. The summed E-state index contributed by atoms with van der Waals surface area (Å²) >= 11 is 8.23. The lowest BCUT2D eigenvalue weighted by Gasteiger charge is -2.16. The van der Waals surface area contributed by atoms with Gasteiger partial charge in [-0.25, -0.2) is 0 Å². The summed E-state index contributed by atoms with van der Waals surface area (Å²) in [7, 11) is 0. The minimum atomic E-state index is -0.526. The molecular formula is C45H79N3O8S4. The number of anilines is 1. The molecule has 5 N–H and O–H groups in total. The molecule has 0 aliphatic rings. The summed E-state index contributed by atoms with van der Waals surface area (Å²) in [6, 6.07) is 3.41. The Kier molecular flexibility index (Phi) is 34.5. The predicted molar refractivity (Wildman–Crippen MR) is 258 cm³/mol. The van der Waals surface area contributed by atoms with Crippen molar-refractivity contribution in [1.29, 1.82) is 0 Å². The van der Waals surface area contributed by atoms with Gasteiger partial charge in [0.15, 0.2) is 0 Å². The summed E-state index contributed by atoms with van der Waals surface area (Å²) in [4.78, 5) is 71.3. The van der Waals surface area contributed by atoms with Crippen LogP contribution in [-0.4, -0.2) is 60.2 Å². The molecule has 3 amide bonds. The van der Waals surface area contributed by atoms with Crippen LogP contribution in [0.1, 0.15) is 172 Å². The molecule has 11 nitrogen and oxygen atoms in total. The van der Waals surface area contributed by atoms with Gasteiger partial charge in [0.2, 0.25) is 11.8 Å². The van der Waals surface area contributed by atoms with Gasteiger partial charge in [0.05, 0.1) is 41.4 Å². The highest BCUT2D eigenvalue weighted by atomic mass is 32.2. The maximum absolute atomic E-state index is 12.3. The number of carbonyl (C=O) groups excluding carboxylic acids is 6. The lowest BCUT2D eigenvalue weighted by molar-refractivity contribution is -0.145. The largest absolute Gasteiger partial charge is 0.465 e. The molecule has 0 fully saturated rings. The van der Waals surface area contributed by atoms with Crippen molar-refractivity contribution >= 4 is 87.5 Å². The Morgan fingerprint density at radius 3 is 1.72 bits per heavy atom. The van der Waals surface area contributed by atoms with Crippen LogP contribution >= 0.6 is 47.1 Å². The highest BCUT2D eigenvalue weighted by Crippen LogP contribution is 2.33. The van der Waals surface area contributed by atoms with E-state index in [1.165, 1.54) is 53.7 Å². The summed E-state index contributed by atoms with van der Waals surface area (Å²) in [6.07, 6.45) is 10.1. The lowest BCUT2D eigenvalue weighted by Crippen LogP contribution is -2.23. The van der Waals surface area contributed by atoms with Crippen LogP contribution in [-0.2, 0) is 35.1 Å². The molecule has 2 heterocycles. The molecule has 346 valence electrons.